The molecule has 0 bridgehead atoms. The molecule has 2 rings (SSSR count). The van der Waals surface area contributed by atoms with Gasteiger partial charge in [0.25, 0.3) is 6.08 Å². The van der Waals surface area contributed by atoms with Gasteiger partial charge in [-0.05, 0) is 11.5 Å². The Labute approximate surface area is 138 Å². The number of hydrogen-bond donors (Lipinski definition) is 1. The van der Waals surface area contributed by atoms with E-state index in [2.05, 4.69) is 4.74 Å². The van der Waals surface area contributed by atoms with Crippen LogP contribution in [0.15, 0.2) is 12.2 Å². The molecule has 3 nitrogen and oxygen atoms in total. The van der Waals surface area contributed by atoms with Crippen LogP contribution < -0.4 is 0 Å². The first kappa shape index (κ1) is 19.3. The van der Waals surface area contributed by atoms with Crippen molar-refractivity contribution < 1.29 is 41.0 Å². The SMILES string of the molecule is CC1(C)[C@H](C(=O)OCc2c(F)c(F)c(CO)c(F)c2F)[C@@H]1C=C(F)F. The summed E-state index contributed by atoms with van der Waals surface area (Å²) < 4.78 is 84.0. The van der Waals surface area contributed by atoms with Crippen molar-refractivity contribution in [2.24, 2.45) is 17.3 Å². The van der Waals surface area contributed by atoms with Crippen LogP contribution >= 0.6 is 0 Å². The molecule has 1 aliphatic carbocycles. The second kappa shape index (κ2) is 6.70. The highest BCUT2D eigenvalue weighted by Crippen LogP contribution is 2.60. The molecule has 0 radical (unpaired) electrons. The second-order valence-electron chi connectivity index (χ2n) is 6.26. The molecule has 0 amide bonds. The number of ether oxygens (including phenoxy) is 1. The van der Waals surface area contributed by atoms with Crippen molar-refractivity contribution >= 4 is 5.97 Å². The van der Waals surface area contributed by atoms with Gasteiger partial charge in [-0.2, -0.15) is 8.78 Å². The lowest BCUT2D eigenvalue weighted by Gasteiger charge is -2.11. The van der Waals surface area contributed by atoms with E-state index < -0.39 is 76.9 Å². The van der Waals surface area contributed by atoms with Crippen molar-refractivity contribution in [2.75, 3.05) is 0 Å². The minimum absolute atomic E-state index is 0.586. The van der Waals surface area contributed by atoms with Crippen molar-refractivity contribution in [3.63, 3.8) is 0 Å². The summed E-state index contributed by atoms with van der Waals surface area (Å²) in [5.74, 6) is -9.97. The molecule has 0 heterocycles. The van der Waals surface area contributed by atoms with Crippen LogP contribution in [0.25, 0.3) is 0 Å². The third-order valence-corrected chi connectivity index (χ3v) is 4.43. The lowest BCUT2D eigenvalue weighted by Crippen LogP contribution is -2.14. The van der Waals surface area contributed by atoms with Gasteiger partial charge in [0.1, 0.15) is 6.61 Å². The highest BCUT2D eigenvalue weighted by Gasteiger charge is 2.62. The summed E-state index contributed by atoms with van der Waals surface area (Å²) in [6.07, 6.45) is -1.39. The average Bonchev–Trinajstić information content (AvgIpc) is 3.05. The van der Waals surface area contributed by atoms with Crippen LogP contribution in [-0.4, -0.2) is 11.1 Å². The maximum atomic E-state index is 13.8. The molecule has 2 atom stereocenters. The summed E-state index contributed by atoms with van der Waals surface area (Å²) in [6, 6.07) is 0. The van der Waals surface area contributed by atoms with E-state index in [-0.39, 0.29) is 0 Å². The Hall–Kier alpha value is -2.03. The molecule has 0 aromatic heterocycles. The molecule has 25 heavy (non-hydrogen) atoms. The number of carbonyl (C=O) groups excluding carboxylic acids is 1. The Morgan fingerprint density at radius 1 is 1.08 bits per heavy atom. The van der Waals surface area contributed by atoms with Crippen molar-refractivity contribution in [1.82, 2.24) is 0 Å². The minimum atomic E-state index is -1.98. The number of benzene rings is 1. The molecule has 0 unspecified atom stereocenters. The number of aliphatic hydroxyl groups is 1. The van der Waals surface area contributed by atoms with Crippen molar-refractivity contribution in [3.05, 3.63) is 46.6 Å². The molecule has 1 aromatic rings. The first-order valence-electron chi connectivity index (χ1n) is 7.18. The highest BCUT2D eigenvalue weighted by atomic mass is 19.3. The van der Waals surface area contributed by atoms with Gasteiger partial charge in [-0.15, -0.1) is 0 Å². The van der Waals surface area contributed by atoms with Crippen LogP contribution in [0, 0.1) is 40.5 Å². The van der Waals surface area contributed by atoms with Crippen molar-refractivity contribution in [3.8, 4) is 0 Å². The standard InChI is InChI=1S/C16H14F6O3/c1-16(2)8(3-9(17)18)10(16)15(24)25-5-7-13(21)11(19)6(4-23)12(20)14(7)22/h3,8,10,23H,4-5H2,1-2H3/t8-,10-/m0/s1. The Kier molecular flexibility index (Phi) is 5.17. The third kappa shape index (κ3) is 3.37. The Balaban J connectivity index is 2.18. The number of halogens is 6. The largest absolute Gasteiger partial charge is 0.460 e. The normalized spacial score (nSPS) is 21.0. The summed E-state index contributed by atoms with van der Waals surface area (Å²) in [6.45, 7) is 0.682. The predicted molar refractivity (Wildman–Crippen MR) is 73.1 cm³/mol. The molecule has 138 valence electrons. The molecule has 1 fully saturated rings. The Morgan fingerprint density at radius 2 is 1.56 bits per heavy atom. The van der Waals surface area contributed by atoms with Crippen LogP contribution in [0.2, 0.25) is 0 Å². The fraction of sp³-hybridized carbons (Fsp3) is 0.438. The van der Waals surface area contributed by atoms with Gasteiger partial charge in [0, 0.05) is 5.92 Å². The number of esters is 1. The van der Waals surface area contributed by atoms with E-state index in [0.29, 0.717) is 6.08 Å². The zero-order chi connectivity index (χ0) is 19.1. The molecule has 0 spiro atoms. The van der Waals surface area contributed by atoms with E-state index in [1.165, 1.54) is 13.8 Å². The molecular weight excluding hydrogens is 354 g/mol. The first-order chi connectivity index (χ1) is 11.5. The number of aliphatic hydroxyl groups excluding tert-OH is 1. The molecule has 0 aliphatic heterocycles. The molecular formula is C16H14F6O3. The highest BCUT2D eigenvalue weighted by molar-refractivity contribution is 5.78. The van der Waals surface area contributed by atoms with Crippen LogP contribution in [0.5, 0.6) is 0 Å². The molecule has 1 aliphatic rings. The lowest BCUT2D eigenvalue weighted by atomic mass is 10.1. The van der Waals surface area contributed by atoms with E-state index in [1.807, 2.05) is 0 Å². The Bertz CT molecular complexity index is 711. The number of hydrogen-bond acceptors (Lipinski definition) is 3. The average molecular weight is 368 g/mol. The van der Waals surface area contributed by atoms with Gasteiger partial charge in [-0.25, -0.2) is 17.6 Å². The van der Waals surface area contributed by atoms with Crippen LogP contribution in [0.1, 0.15) is 25.0 Å². The number of allylic oxidation sites excluding steroid dienone is 1. The summed E-state index contributed by atoms with van der Waals surface area (Å²) in [5, 5.41) is 8.73. The van der Waals surface area contributed by atoms with Crippen molar-refractivity contribution in [1.29, 1.82) is 0 Å². The predicted octanol–water partition coefficient (Wildman–Crippen LogP) is 3.83. The van der Waals surface area contributed by atoms with E-state index in [1.54, 1.807) is 0 Å². The van der Waals surface area contributed by atoms with Crippen LogP contribution in [0.3, 0.4) is 0 Å². The van der Waals surface area contributed by atoms with Gasteiger partial charge in [-0.1, -0.05) is 13.8 Å². The molecule has 0 saturated heterocycles. The van der Waals surface area contributed by atoms with Gasteiger partial charge in [-0.3, -0.25) is 4.79 Å². The smallest absolute Gasteiger partial charge is 0.310 e. The maximum absolute atomic E-state index is 13.8. The number of rotatable bonds is 5. The Morgan fingerprint density at radius 3 is 2.00 bits per heavy atom. The summed E-state index contributed by atoms with van der Waals surface area (Å²) in [5.41, 5.74) is -3.19. The van der Waals surface area contributed by atoms with Crippen molar-refractivity contribution in [2.45, 2.75) is 27.1 Å². The topological polar surface area (TPSA) is 46.5 Å². The fourth-order valence-corrected chi connectivity index (χ4v) is 2.80. The number of carbonyl (C=O) groups is 1. The monoisotopic (exact) mass is 368 g/mol. The van der Waals surface area contributed by atoms with E-state index in [9.17, 15) is 31.1 Å². The zero-order valence-electron chi connectivity index (χ0n) is 13.2. The van der Waals surface area contributed by atoms with Gasteiger partial charge in [0.15, 0.2) is 23.3 Å². The maximum Gasteiger partial charge on any atom is 0.310 e. The molecule has 1 N–H and O–H groups in total. The minimum Gasteiger partial charge on any atom is -0.460 e. The van der Waals surface area contributed by atoms with Gasteiger partial charge in [0.05, 0.1) is 23.7 Å². The van der Waals surface area contributed by atoms with Gasteiger partial charge < -0.3 is 9.84 Å². The summed E-state index contributed by atoms with van der Waals surface area (Å²) in [7, 11) is 0. The second-order valence-corrected chi connectivity index (χ2v) is 6.26. The van der Waals surface area contributed by atoms with E-state index in [0.717, 1.165) is 0 Å². The first-order valence-corrected chi connectivity index (χ1v) is 7.18. The summed E-state index contributed by atoms with van der Waals surface area (Å²) in [4.78, 5) is 11.9. The quantitative estimate of drug-likeness (QED) is 0.488. The van der Waals surface area contributed by atoms with Crippen LogP contribution in [-0.2, 0) is 22.7 Å². The van der Waals surface area contributed by atoms with Gasteiger partial charge in [0.2, 0.25) is 0 Å². The van der Waals surface area contributed by atoms with E-state index in [4.69, 9.17) is 5.11 Å². The molecule has 1 saturated carbocycles. The van der Waals surface area contributed by atoms with Crippen LogP contribution in [0.4, 0.5) is 26.3 Å². The molecule has 9 heteroatoms. The fourth-order valence-electron chi connectivity index (χ4n) is 2.80. The third-order valence-electron chi connectivity index (χ3n) is 4.43. The lowest BCUT2D eigenvalue weighted by molar-refractivity contribution is -0.147. The summed E-state index contributed by atoms with van der Waals surface area (Å²) >= 11 is 0. The molecule has 1 aromatic carbocycles. The van der Waals surface area contributed by atoms with E-state index >= 15 is 0 Å². The van der Waals surface area contributed by atoms with Gasteiger partial charge >= 0.3 is 5.97 Å². The zero-order valence-corrected chi connectivity index (χ0v) is 13.2.